The molecule has 21 heavy (non-hydrogen) atoms. The summed E-state index contributed by atoms with van der Waals surface area (Å²) in [5, 5.41) is 16.7. The van der Waals surface area contributed by atoms with E-state index in [1.165, 1.54) is 0 Å². The first-order chi connectivity index (χ1) is 10.3. The summed E-state index contributed by atoms with van der Waals surface area (Å²) in [6, 6.07) is 24.1. The van der Waals surface area contributed by atoms with Crippen molar-refractivity contribution in [1.29, 1.82) is 0 Å². The molecular formula is C19H13NO. The molecule has 0 unspecified atom stereocenters. The topological polar surface area (TPSA) is 26.9 Å². The Morgan fingerprint density at radius 3 is 2.05 bits per heavy atom. The van der Waals surface area contributed by atoms with Crippen molar-refractivity contribution in [2.24, 2.45) is 0 Å². The highest BCUT2D eigenvalue weighted by atomic mass is 16.5. The van der Waals surface area contributed by atoms with E-state index in [1.54, 1.807) is 6.20 Å². The van der Waals surface area contributed by atoms with Crippen LogP contribution < -0.4 is 4.73 Å². The van der Waals surface area contributed by atoms with E-state index in [0.29, 0.717) is 5.69 Å². The predicted molar refractivity (Wildman–Crippen MR) is 85.9 cm³/mol. The molecule has 0 aliphatic carbocycles. The molecule has 100 valence electrons. The molecule has 0 N–H and O–H groups in total. The molecule has 0 bridgehead atoms. The average Bonchev–Trinajstić information content (AvgIpc) is 2.54. The molecule has 4 rings (SSSR count). The van der Waals surface area contributed by atoms with Gasteiger partial charge in [0.2, 0.25) is 5.69 Å². The van der Waals surface area contributed by atoms with Crippen LogP contribution in [0.25, 0.3) is 32.8 Å². The van der Waals surface area contributed by atoms with Crippen LogP contribution in [0.4, 0.5) is 0 Å². The van der Waals surface area contributed by atoms with Gasteiger partial charge >= 0.3 is 0 Å². The van der Waals surface area contributed by atoms with E-state index in [1.807, 2.05) is 54.6 Å². The van der Waals surface area contributed by atoms with Crippen molar-refractivity contribution in [2.45, 2.75) is 0 Å². The van der Waals surface area contributed by atoms with Crippen molar-refractivity contribution in [3.05, 3.63) is 84.2 Å². The second-order valence-corrected chi connectivity index (χ2v) is 5.10. The van der Waals surface area contributed by atoms with Crippen LogP contribution in [0.2, 0.25) is 0 Å². The van der Waals surface area contributed by atoms with Gasteiger partial charge in [0.1, 0.15) is 0 Å². The summed E-state index contributed by atoms with van der Waals surface area (Å²) in [6.45, 7) is 0. The summed E-state index contributed by atoms with van der Waals surface area (Å²) in [6.07, 6.45) is 1.58. The number of pyridine rings is 1. The Morgan fingerprint density at radius 1 is 0.619 bits per heavy atom. The third-order valence-corrected chi connectivity index (χ3v) is 3.87. The van der Waals surface area contributed by atoms with E-state index >= 15 is 0 Å². The summed E-state index contributed by atoms with van der Waals surface area (Å²) in [5.41, 5.74) is 1.69. The van der Waals surface area contributed by atoms with Crippen LogP contribution in [0.3, 0.4) is 0 Å². The minimum absolute atomic E-state index is 0.713. The van der Waals surface area contributed by atoms with Crippen LogP contribution in [-0.4, -0.2) is 0 Å². The maximum atomic E-state index is 12.4. The molecule has 2 nitrogen and oxygen atoms in total. The second-order valence-electron chi connectivity index (χ2n) is 5.10. The molecule has 1 heterocycles. The minimum atomic E-state index is 0.713. The van der Waals surface area contributed by atoms with Gasteiger partial charge < -0.3 is 5.21 Å². The van der Waals surface area contributed by atoms with Crippen LogP contribution >= 0.6 is 0 Å². The third-order valence-electron chi connectivity index (χ3n) is 3.87. The fraction of sp³-hybridized carbons (Fsp3) is 0. The van der Waals surface area contributed by atoms with Gasteiger partial charge in [-0.1, -0.05) is 54.6 Å². The quantitative estimate of drug-likeness (QED) is 0.374. The highest BCUT2D eigenvalue weighted by Crippen LogP contribution is 2.31. The first kappa shape index (κ1) is 11.9. The highest BCUT2D eigenvalue weighted by molar-refractivity contribution is 6.02. The Balaban J connectivity index is 2.16. The maximum Gasteiger partial charge on any atom is 0.232 e. The molecule has 0 fully saturated rings. The fourth-order valence-electron chi connectivity index (χ4n) is 2.89. The van der Waals surface area contributed by atoms with Crippen LogP contribution in [0, 0.1) is 5.21 Å². The Hall–Kier alpha value is -2.87. The Labute approximate surface area is 122 Å². The molecule has 0 saturated heterocycles. The standard InChI is InChI=1S/C19H13NO/c21-20-13-12-15-7-2-4-10-17(15)19(20)18-11-5-8-14-6-1-3-9-16(14)18/h1-13H. The monoisotopic (exact) mass is 271 g/mol. The summed E-state index contributed by atoms with van der Waals surface area (Å²) in [4.78, 5) is 0. The highest BCUT2D eigenvalue weighted by Gasteiger charge is 2.15. The summed E-state index contributed by atoms with van der Waals surface area (Å²) < 4.78 is 0.962. The molecular weight excluding hydrogens is 258 g/mol. The zero-order chi connectivity index (χ0) is 14.2. The zero-order valence-corrected chi connectivity index (χ0v) is 11.4. The largest absolute Gasteiger partial charge is 0.618 e. The number of benzene rings is 3. The Morgan fingerprint density at radius 2 is 1.24 bits per heavy atom. The van der Waals surface area contributed by atoms with Crippen LogP contribution in [0.15, 0.2) is 79.0 Å². The molecule has 0 saturated carbocycles. The van der Waals surface area contributed by atoms with E-state index in [2.05, 4.69) is 18.2 Å². The lowest BCUT2D eigenvalue weighted by molar-refractivity contribution is -0.592. The SMILES string of the molecule is [O-][n+]1ccc2ccccc2c1-c1cccc2ccccc12. The molecule has 4 aromatic rings. The van der Waals surface area contributed by atoms with Crippen molar-refractivity contribution in [3.63, 3.8) is 0 Å². The van der Waals surface area contributed by atoms with Gasteiger partial charge in [0, 0.05) is 6.07 Å². The van der Waals surface area contributed by atoms with Crippen LogP contribution in [0.1, 0.15) is 0 Å². The molecule has 0 atom stereocenters. The molecule has 0 radical (unpaired) electrons. The van der Waals surface area contributed by atoms with E-state index < -0.39 is 0 Å². The summed E-state index contributed by atoms with van der Waals surface area (Å²) in [5.74, 6) is 0. The van der Waals surface area contributed by atoms with Gasteiger partial charge in [0.05, 0.1) is 10.9 Å². The number of nitrogens with zero attached hydrogens (tertiary/aromatic N) is 1. The van der Waals surface area contributed by atoms with Crippen LogP contribution in [-0.2, 0) is 0 Å². The number of rotatable bonds is 1. The Kier molecular flexibility index (Phi) is 2.61. The third kappa shape index (κ3) is 1.84. The van der Waals surface area contributed by atoms with E-state index in [9.17, 15) is 5.21 Å². The van der Waals surface area contributed by atoms with E-state index in [0.717, 1.165) is 31.8 Å². The average molecular weight is 271 g/mol. The van der Waals surface area contributed by atoms with Crippen molar-refractivity contribution in [1.82, 2.24) is 0 Å². The fourth-order valence-corrected chi connectivity index (χ4v) is 2.89. The molecule has 0 spiro atoms. The Bertz CT molecular complexity index is 954. The lowest BCUT2D eigenvalue weighted by Gasteiger charge is -2.10. The molecule has 0 aliphatic rings. The first-order valence-corrected chi connectivity index (χ1v) is 6.94. The number of aromatic nitrogens is 1. The van der Waals surface area contributed by atoms with Crippen molar-refractivity contribution >= 4 is 21.5 Å². The molecule has 0 amide bonds. The van der Waals surface area contributed by atoms with Crippen molar-refractivity contribution in [3.8, 4) is 11.3 Å². The smallest absolute Gasteiger partial charge is 0.232 e. The zero-order valence-electron chi connectivity index (χ0n) is 11.4. The van der Waals surface area contributed by atoms with Gasteiger partial charge in [-0.05, 0) is 28.3 Å². The van der Waals surface area contributed by atoms with E-state index in [-0.39, 0.29) is 0 Å². The number of hydrogen-bond acceptors (Lipinski definition) is 1. The number of fused-ring (bicyclic) bond motifs is 2. The second kappa shape index (κ2) is 4.60. The molecule has 3 aromatic carbocycles. The van der Waals surface area contributed by atoms with Gasteiger partial charge in [0.15, 0.2) is 6.20 Å². The molecule has 2 heteroatoms. The first-order valence-electron chi connectivity index (χ1n) is 6.94. The van der Waals surface area contributed by atoms with Crippen molar-refractivity contribution < 1.29 is 4.73 Å². The summed E-state index contributed by atoms with van der Waals surface area (Å²) >= 11 is 0. The van der Waals surface area contributed by atoms with Crippen molar-refractivity contribution in [2.75, 3.05) is 0 Å². The minimum Gasteiger partial charge on any atom is -0.618 e. The normalized spacial score (nSPS) is 11.0. The number of hydrogen-bond donors (Lipinski definition) is 0. The van der Waals surface area contributed by atoms with Gasteiger partial charge in [0.25, 0.3) is 0 Å². The van der Waals surface area contributed by atoms with Gasteiger partial charge in [-0.15, -0.1) is 0 Å². The summed E-state index contributed by atoms with van der Waals surface area (Å²) in [7, 11) is 0. The van der Waals surface area contributed by atoms with Crippen LogP contribution in [0.5, 0.6) is 0 Å². The predicted octanol–water partition coefficient (Wildman–Crippen LogP) is 4.29. The van der Waals surface area contributed by atoms with E-state index in [4.69, 9.17) is 0 Å². The molecule has 1 aromatic heterocycles. The van der Waals surface area contributed by atoms with Gasteiger partial charge in [-0.25, -0.2) is 0 Å². The lowest BCUT2D eigenvalue weighted by Crippen LogP contribution is -2.28. The molecule has 0 aliphatic heterocycles. The van der Waals surface area contributed by atoms with Gasteiger partial charge in [-0.3, -0.25) is 0 Å². The lowest BCUT2D eigenvalue weighted by atomic mass is 9.98. The van der Waals surface area contributed by atoms with Gasteiger partial charge in [-0.2, -0.15) is 4.73 Å². The maximum absolute atomic E-state index is 12.4.